The second-order valence-electron chi connectivity index (χ2n) is 9.24. The van der Waals surface area contributed by atoms with Gasteiger partial charge in [0.15, 0.2) is 10.9 Å². The van der Waals surface area contributed by atoms with Crippen molar-refractivity contribution in [3.05, 3.63) is 64.3 Å². The highest BCUT2D eigenvalue weighted by atomic mass is 32.1. The number of hydrogen-bond donors (Lipinski definition) is 2. The van der Waals surface area contributed by atoms with Gasteiger partial charge in [0.1, 0.15) is 22.5 Å². The first kappa shape index (κ1) is 21.9. The van der Waals surface area contributed by atoms with E-state index < -0.39 is 0 Å². The largest absolute Gasteiger partial charge is 0.368 e. The van der Waals surface area contributed by atoms with Gasteiger partial charge in [0.2, 0.25) is 0 Å². The molecule has 5 heterocycles. The van der Waals surface area contributed by atoms with Crippen LogP contribution < -0.4 is 15.5 Å². The molecule has 2 aliphatic heterocycles. The van der Waals surface area contributed by atoms with Crippen molar-refractivity contribution in [2.45, 2.75) is 19.9 Å². The molecule has 1 spiro atoms. The van der Waals surface area contributed by atoms with E-state index in [2.05, 4.69) is 31.7 Å². The van der Waals surface area contributed by atoms with Crippen LogP contribution in [0, 0.1) is 28.4 Å². The quantitative estimate of drug-likeness (QED) is 0.421. The van der Waals surface area contributed by atoms with E-state index in [9.17, 15) is 14.0 Å². The van der Waals surface area contributed by atoms with E-state index in [-0.39, 0.29) is 11.6 Å². The van der Waals surface area contributed by atoms with Crippen molar-refractivity contribution in [1.82, 2.24) is 19.9 Å². The molecule has 2 saturated heterocycles. The number of benzene rings is 1. The van der Waals surface area contributed by atoms with Crippen LogP contribution in [0.1, 0.15) is 23.1 Å². The van der Waals surface area contributed by atoms with Gasteiger partial charge in [0.25, 0.3) is 0 Å². The molecule has 0 amide bonds. The first-order valence-electron chi connectivity index (χ1n) is 11.5. The van der Waals surface area contributed by atoms with Crippen molar-refractivity contribution >= 4 is 27.7 Å². The molecule has 0 unspecified atom stereocenters. The summed E-state index contributed by atoms with van der Waals surface area (Å²) >= 11 is 1.25. The Morgan fingerprint density at radius 1 is 1.23 bits per heavy atom. The lowest BCUT2D eigenvalue weighted by molar-refractivity contribution is 0.120. The maximum atomic E-state index is 14.9. The van der Waals surface area contributed by atoms with E-state index >= 15 is 0 Å². The molecule has 7 nitrogen and oxygen atoms in total. The zero-order chi connectivity index (χ0) is 24.2. The van der Waals surface area contributed by atoms with Crippen LogP contribution in [0.2, 0.25) is 0 Å². The Morgan fingerprint density at radius 3 is 2.66 bits per heavy atom. The fourth-order valence-electron chi connectivity index (χ4n) is 4.95. The van der Waals surface area contributed by atoms with Gasteiger partial charge in [0, 0.05) is 49.3 Å². The monoisotopic (exact) mass is 491 g/mol. The zero-order valence-corrected chi connectivity index (χ0v) is 19.9. The molecular weight excluding hydrogens is 468 g/mol. The van der Waals surface area contributed by atoms with Crippen LogP contribution in [0.15, 0.2) is 36.5 Å². The number of fused-ring (bicyclic) bond motifs is 1. The smallest absolute Gasteiger partial charge is 0.184 e. The lowest BCUT2D eigenvalue weighted by Gasteiger charge is -2.57. The number of halogens is 2. The Bertz CT molecular complexity index is 1460. The summed E-state index contributed by atoms with van der Waals surface area (Å²) in [5.41, 5.74) is 4.83. The number of nitriles is 1. The Kier molecular flexibility index (Phi) is 5.20. The van der Waals surface area contributed by atoms with Crippen LogP contribution in [-0.4, -0.2) is 40.8 Å². The molecule has 0 bridgehead atoms. The minimum absolute atomic E-state index is 0.271. The Labute approximate surface area is 205 Å². The van der Waals surface area contributed by atoms with Gasteiger partial charge in [-0.05, 0) is 36.8 Å². The third kappa shape index (κ3) is 3.72. The maximum Gasteiger partial charge on any atom is 0.184 e. The number of aromatic nitrogens is 3. The number of thiazole rings is 1. The van der Waals surface area contributed by atoms with Crippen molar-refractivity contribution < 1.29 is 8.78 Å². The van der Waals surface area contributed by atoms with Crippen LogP contribution in [-0.2, 0) is 13.0 Å². The Morgan fingerprint density at radius 2 is 2.00 bits per heavy atom. The van der Waals surface area contributed by atoms with Crippen molar-refractivity contribution in [3.63, 3.8) is 0 Å². The van der Waals surface area contributed by atoms with Crippen molar-refractivity contribution in [2.75, 3.05) is 36.4 Å². The van der Waals surface area contributed by atoms with E-state index in [4.69, 9.17) is 0 Å². The summed E-state index contributed by atoms with van der Waals surface area (Å²) in [5, 5.41) is 21.4. The molecule has 35 heavy (non-hydrogen) atoms. The third-order valence-electron chi connectivity index (χ3n) is 6.88. The standard InChI is InChI=1S/C25H23F2N7S/c1-2-19-17(9-30-24-31-23(22(8-28)35-24)15-3-5-16(26)6-4-15)20-7-21(18(27)10-34(20)32-19)33-13-25(14-33)11-29-12-25/h3-7,10,29H,2,9,11-14H2,1H3,(H,30,31). The van der Waals surface area contributed by atoms with Gasteiger partial charge in [-0.1, -0.05) is 18.3 Å². The van der Waals surface area contributed by atoms with Crippen LogP contribution in [0.4, 0.5) is 19.6 Å². The average Bonchev–Trinajstić information content (AvgIpc) is 3.37. The number of nitrogens with zero attached hydrogens (tertiary/aromatic N) is 5. The minimum atomic E-state index is -0.338. The van der Waals surface area contributed by atoms with Gasteiger partial charge in [-0.2, -0.15) is 10.4 Å². The highest BCUT2D eigenvalue weighted by Gasteiger charge is 2.48. The molecule has 0 saturated carbocycles. The first-order valence-corrected chi connectivity index (χ1v) is 12.4. The number of pyridine rings is 1. The molecule has 0 radical (unpaired) electrons. The van der Waals surface area contributed by atoms with Gasteiger partial charge in [-0.3, -0.25) is 0 Å². The van der Waals surface area contributed by atoms with Crippen LogP contribution in [0.3, 0.4) is 0 Å². The summed E-state index contributed by atoms with van der Waals surface area (Å²) in [4.78, 5) is 7.14. The van der Waals surface area contributed by atoms with Gasteiger partial charge in [0.05, 0.1) is 23.1 Å². The molecule has 2 aliphatic rings. The Balaban J connectivity index is 1.28. The topological polar surface area (TPSA) is 81.3 Å². The van der Waals surface area contributed by atoms with Gasteiger partial charge < -0.3 is 15.5 Å². The summed E-state index contributed by atoms with van der Waals surface area (Å²) in [6.45, 7) is 6.17. The SMILES string of the molecule is CCc1nn2cc(F)c(N3CC4(CNC4)C3)cc2c1CNc1nc(-c2ccc(F)cc2)c(C#N)s1. The number of hydrogen-bond acceptors (Lipinski definition) is 7. The molecular formula is C25H23F2N7S. The van der Waals surface area contributed by atoms with Gasteiger partial charge in [-0.15, -0.1) is 0 Å². The van der Waals surface area contributed by atoms with E-state index in [0.29, 0.717) is 45.3 Å². The van der Waals surface area contributed by atoms with Crippen LogP contribution in [0.5, 0.6) is 0 Å². The highest BCUT2D eigenvalue weighted by Crippen LogP contribution is 2.39. The predicted octanol–water partition coefficient (Wildman–Crippen LogP) is 4.19. The molecule has 1 aromatic carbocycles. The summed E-state index contributed by atoms with van der Waals surface area (Å²) in [6, 6.07) is 10.0. The summed E-state index contributed by atoms with van der Waals surface area (Å²) in [5.74, 6) is -0.610. The highest BCUT2D eigenvalue weighted by molar-refractivity contribution is 7.16. The van der Waals surface area contributed by atoms with E-state index in [1.165, 1.54) is 29.7 Å². The van der Waals surface area contributed by atoms with Crippen molar-refractivity contribution in [1.29, 1.82) is 5.26 Å². The molecule has 3 aromatic heterocycles. The second kappa shape index (κ2) is 8.29. The maximum absolute atomic E-state index is 14.9. The summed E-state index contributed by atoms with van der Waals surface area (Å²) in [6.07, 6.45) is 2.16. The fourth-order valence-corrected chi connectivity index (χ4v) is 5.73. The zero-order valence-electron chi connectivity index (χ0n) is 19.1. The predicted molar refractivity (Wildman–Crippen MR) is 132 cm³/mol. The van der Waals surface area contributed by atoms with Gasteiger partial charge in [-0.25, -0.2) is 18.3 Å². The minimum Gasteiger partial charge on any atom is -0.368 e. The first-order chi connectivity index (χ1) is 17.0. The molecule has 10 heteroatoms. The average molecular weight is 492 g/mol. The number of rotatable bonds is 6. The van der Waals surface area contributed by atoms with Crippen LogP contribution >= 0.6 is 11.3 Å². The lowest BCUT2D eigenvalue weighted by Crippen LogP contribution is -2.71. The normalized spacial score (nSPS) is 16.2. The lowest BCUT2D eigenvalue weighted by atomic mass is 9.74. The summed E-state index contributed by atoms with van der Waals surface area (Å²) in [7, 11) is 0. The molecule has 0 atom stereocenters. The molecule has 4 aromatic rings. The molecule has 2 N–H and O–H groups in total. The van der Waals surface area contributed by atoms with Gasteiger partial charge >= 0.3 is 0 Å². The van der Waals surface area contributed by atoms with E-state index in [1.54, 1.807) is 16.6 Å². The number of nitrogens with one attached hydrogen (secondary N) is 2. The molecule has 0 aliphatic carbocycles. The van der Waals surface area contributed by atoms with Crippen LogP contribution in [0.25, 0.3) is 16.8 Å². The van der Waals surface area contributed by atoms with E-state index in [0.717, 1.165) is 43.0 Å². The fraction of sp³-hybridized carbons (Fsp3) is 0.320. The van der Waals surface area contributed by atoms with Crippen molar-refractivity contribution in [2.24, 2.45) is 5.41 Å². The molecule has 178 valence electrons. The summed E-state index contributed by atoms with van der Waals surface area (Å²) < 4.78 is 29.9. The number of aryl methyl sites for hydroxylation is 1. The third-order valence-corrected chi connectivity index (χ3v) is 7.80. The second-order valence-corrected chi connectivity index (χ2v) is 10.2. The van der Waals surface area contributed by atoms with Crippen molar-refractivity contribution in [3.8, 4) is 17.3 Å². The Hall–Kier alpha value is -3.55. The number of anilines is 2. The molecule has 2 fully saturated rings. The molecule has 6 rings (SSSR count). The van der Waals surface area contributed by atoms with E-state index in [1.807, 2.05) is 13.0 Å².